The first kappa shape index (κ1) is 18.4. The second-order valence-electron chi connectivity index (χ2n) is 5.86. The predicted molar refractivity (Wildman–Crippen MR) is 103 cm³/mol. The number of hydrogen-bond donors (Lipinski definition) is 2. The van der Waals surface area contributed by atoms with Crippen LogP contribution in [0.1, 0.15) is 5.56 Å². The lowest BCUT2D eigenvalue weighted by atomic mass is 10.1. The number of sulfonamides is 2. The molecule has 0 fully saturated rings. The summed E-state index contributed by atoms with van der Waals surface area (Å²) in [7, 11) is -7.03. The minimum atomic E-state index is -3.71. The molecular formula is C18H18N2O4S2. The van der Waals surface area contributed by atoms with E-state index in [1.807, 2.05) is 0 Å². The van der Waals surface area contributed by atoms with Crippen molar-refractivity contribution < 1.29 is 16.8 Å². The first-order chi connectivity index (χ1) is 12.2. The first-order valence-electron chi connectivity index (χ1n) is 7.79. The largest absolute Gasteiger partial charge is 0.280 e. The molecule has 0 bridgehead atoms. The van der Waals surface area contributed by atoms with E-state index in [-0.39, 0.29) is 11.4 Å². The van der Waals surface area contributed by atoms with Crippen molar-refractivity contribution in [3.8, 4) is 0 Å². The summed E-state index contributed by atoms with van der Waals surface area (Å²) in [6.45, 7) is 0.143. The van der Waals surface area contributed by atoms with Crippen molar-refractivity contribution in [1.82, 2.24) is 4.72 Å². The number of para-hydroxylation sites is 1. The summed E-state index contributed by atoms with van der Waals surface area (Å²) in [6.07, 6.45) is 1.10. The van der Waals surface area contributed by atoms with Crippen molar-refractivity contribution in [3.63, 3.8) is 0 Å². The number of rotatable bonds is 6. The van der Waals surface area contributed by atoms with E-state index in [0.29, 0.717) is 11.1 Å². The molecule has 0 aliphatic carbocycles. The van der Waals surface area contributed by atoms with Crippen molar-refractivity contribution in [2.24, 2.45) is 0 Å². The fourth-order valence-corrected chi connectivity index (χ4v) is 4.09. The standard InChI is InChI=1S/C18H18N2O4S2/c1-25(21,22)19-13-15-7-5-6-14-12-17(10-11-18(14)15)26(23,24)20-16-8-3-2-4-9-16/h2-12,19-20H,13H2,1H3. The molecule has 0 aromatic heterocycles. The second-order valence-corrected chi connectivity index (χ2v) is 9.38. The van der Waals surface area contributed by atoms with Crippen molar-refractivity contribution in [2.45, 2.75) is 11.4 Å². The molecule has 0 aliphatic heterocycles. The Morgan fingerprint density at radius 2 is 1.58 bits per heavy atom. The van der Waals surface area contributed by atoms with E-state index in [1.165, 1.54) is 6.07 Å². The Kier molecular flexibility index (Phi) is 4.99. The topological polar surface area (TPSA) is 92.3 Å². The summed E-state index contributed by atoms with van der Waals surface area (Å²) in [5.41, 5.74) is 1.26. The van der Waals surface area contributed by atoms with Gasteiger partial charge in [0.2, 0.25) is 10.0 Å². The summed E-state index contributed by atoms with van der Waals surface area (Å²) < 4.78 is 52.8. The van der Waals surface area contributed by atoms with E-state index in [9.17, 15) is 16.8 Å². The Morgan fingerprint density at radius 3 is 2.27 bits per heavy atom. The zero-order chi connectivity index (χ0) is 18.8. The molecule has 0 saturated carbocycles. The maximum Gasteiger partial charge on any atom is 0.261 e. The van der Waals surface area contributed by atoms with Gasteiger partial charge in [-0.1, -0.05) is 42.5 Å². The number of anilines is 1. The molecule has 0 atom stereocenters. The number of benzene rings is 3. The Labute approximate surface area is 153 Å². The highest BCUT2D eigenvalue weighted by molar-refractivity contribution is 7.92. The van der Waals surface area contributed by atoms with Crippen LogP contribution in [-0.4, -0.2) is 23.1 Å². The van der Waals surface area contributed by atoms with Crippen molar-refractivity contribution in [1.29, 1.82) is 0 Å². The zero-order valence-corrected chi connectivity index (χ0v) is 15.6. The van der Waals surface area contributed by atoms with Crippen molar-refractivity contribution >= 4 is 36.5 Å². The Hall–Kier alpha value is -2.42. The van der Waals surface area contributed by atoms with Gasteiger partial charge in [0, 0.05) is 12.2 Å². The summed E-state index contributed by atoms with van der Waals surface area (Å²) in [4.78, 5) is 0.141. The summed E-state index contributed by atoms with van der Waals surface area (Å²) >= 11 is 0. The summed E-state index contributed by atoms with van der Waals surface area (Å²) in [6, 6.07) is 18.8. The molecule has 26 heavy (non-hydrogen) atoms. The lowest BCUT2D eigenvalue weighted by molar-refractivity contribution is 0.587. The maximum atomic E-state index is 12.6. The number of fused-ring (bicyclic) bond motifs is 1. The third-order valence-electron chi connectivity index (χ3n) is 3.80. The van der Waals surface area contributed by atoms with Crippen LogP contribution in [0.3, 0.4) is 0 Å². The van der Waals surface area contributed by atoms with Gasteiger partial charge in [-0.3, -0.25) is 4.72 Å². The molecular weight excluding hydrogens is 372 g/mol. The molecule has 3 aromatic rings. The van der Waals surface area contributed by atoms with Crippen LogP contribution in [-0.2, 0) is 26.6 Å². The van der Waals surface area contributed by atoms with E-state index in [0.717, 1.165) is 17.2 Å². The van der Waals surface area contributed by atoms with Gasteiger partial charge in [-0.05, 0) is 40.6 Å². The van der Waals surface area contributed by atoms with Gasteiger partial charge in [-0.25, -0.2) is 21.6 Å². The van der Waals surface area contributed by atoms with Gasteiger partial charge >= 0.3 is 0 Å². The van der Waals surface area contributed by atoms with Crippen LogP contribution < -0.4 is 9.44 Å². The molecule has 2 N–H and O–H groups in total. The molecule has 8 heteroatoms. The SMILES string of the molecule is CS(=O)(=O)NCc1cccc2cc(S(=O)(=O)Nc3ccccc3)ccc12. The third-order valence-corrected chi connectivity index (χ3v) is 5.85. The summed E-state index contributed by atoms with van der Waals surface area (Å²) in [5.74, 6) is 0. The average Bonchev–Trinajstić information content (AvgIpc) is 2.59. The van der Waals surface area contributed by atoms with Gasteiger partial charge < -0.3 is 0 Å². The van der Waals surface area contributed by atoms with Crippen LogP contribution in [0.15, 0.2) is 71.6 Å². The molecule has 3 aromatic carbocycles. The highest BCUT2D eigenvalue weighted by Gasteiger charge is 2.15. The minimum Gasteiger partial charge on any atom is -0.280 e. The van der Waals surface area contributed by atoms with E-state index in [1.54, 1.807) is 60.7 Å². The molecule has 0 unspecified atom stereocenters. The molecule has 0 aliphatic rings. The molecule has 3 rings (SSSR count). The highest BCUT2D eigenvalue weighted by atomic mass is 32.2. The van der Waals surface area contributed by atoms with Crippen LogP contribution in [0.2, 0.25) is 0 Å². The number of nitrogens with one attached hydrogen (secondary N) is 2. The van der Waals surface area contributed by atoms with E-state index in [4.69, 9.17) is 0 Å². The van der Waals surface area contributed by atoms with Gasteiger partial charge in [0.25, 0.3) is 10.0 Å². The van der Waals surface area contributed by atoms with Gasteiger partial charge in [0.05, 0.1) is 11.2 Å². The van der Waals surface area contributed by atoms with E-state index in [2.05, 4.69) is 9.44 Å². The monoisotopic (exact) mass is 390 g/mol. The average molecular weight is 390 g/mol. The van der Waals surface area contributed by atoms with Crippen LogP contribution >= 0.6 is 0 Å². The Balaban J connectivity index is 1.94. The van der Waals surface area contributed by atoms with Crippen LogP contribution in [0.25, 0.3) is 10.8 Å². The predicted octanol–water partition coefficient (Wildman–Crippen LogP) is 2.69. The van der Waals surface area contributed by atoms with Crippen LogP contribution in [0.5, 0.6) is 0 Å². The van der Waals surface area contributed by atoms with Crippen molar-refractivity contribution in [3.05, 3.63) is 72.3 Å². The Bertz CT molecular complexity index is 1140. The van der Waals surface area contributed by atoms with E-state index < -0.39 is 20.0 Å². The van der Waals surface area contributed by atoms with Crippen LogP contribution in [0, 0.1) is 0 Å². The van der Waals surface area contributed by atoms with E-state index >= 15 is 0 Å². The van der Waals surface area contributed by atoms with Gasteiger partial charge in [-0.15, -0.1) is 0 Å². The smallest absolute Gasteiger partial charge is 0.261 e. The highest BCUT2D eigenvalue weighted by Crippen LogP contribution is 2.24. The minimum absolute atomic E-state index is 0.141. The quantitative estimate of drug-likeness (QED) is 0.677. The molecule has 0 amide bonds. The third kappa shape index (κ3) is 4.40. The molecule has 0 heterocycles. The summed E-state index contributed by atoms with van der Waals surface area (Å²) in [5, 5.41) is 1.51. The molecule has 0 radical (unpaired) electrons. The second kappa shape index (κ2) is 7.06. The van der Waals surface area contributed by atoms with Gasteiger partial charge in [0.1, 0.15) is 0 Å². The van der Waals surface area contributed by atoms with Gasteiger partial charge in [0.15, 0.2) is 0 Å². The molecule has 0 saturated heterocycles. The normalized spacial score (nSPS) is 12.2. The maximum absolute atomic E-state index is 12.6. The Morgan fingerprint density at radius 1 is 0.846 bits per heavy atom. The lowest BCUT2D eigenvalue weighted by Crippen LogP contribution is -2.21. The molecule has 0 spiro atoms. The molecule has 6 nitrogen and oxygen atoms in total. The molecule has 136 valence electrons. The fraction of sp³-hybridized carbons (Fsp3) is 0.111. The zero-order valence-electron chi connectivity index (χ0n) is 14.0. The van der Waals surface area contributed by atoms with Crippen molar-refractivity contribution in [2.75, 3.05) is 11.0 Å². The van der Waals surface area contributed by atoms with Crippen LogP contribution in [0.4, 0.5) is 5.69 Å². The lowest BCUT2D eigenvalue weighted by Gasteiger charge is -2.11. The van der Waals surface area contributed by atoms with Gasteiger partial charge in [-0.2, -0.15) is 0 Å². The number of hydrogen-bond acceptors (Lipinski definition) is 4. The first-order valence-corrected chi connectivity index (χ1v) is 11.2. The fourth-order valence-electron chi connectivity index (χ4n) is 2.58.